The van der Waals surface area contributed by atoms with Gasteiger partial charge >= 0.3 is 0 Å². The number of hydrogen-bond acceptors (Lipinski definition) is 7. The summed E-state index contributed by atoms with van der Waals surface area (Å²) in [5.74, 6) is -3.57. The average Bonchev–Trinajstić information content (AvgIpc) is 3.36. The third-order valence-electron chi connectivity index (χ3n) is 8.24. The number of ketones is 4. The van der Waals surface area contributed by atoms with Crippen molar-refractivity contribution in [1.29, 1.82) is 0 Å². The van der Waals surface area contributed by atoms with Crippen molar-refractivity contribution >= 4 is 23.1 Å². The lowest BCUT2D eigenvalue weighted by Crippen LogP contribution is -2.45. The summed E-state index contributed by atoms with van der Waals surface area (Å²) in [6.45, 7) is 1.51. The fourth-order valence-corrected chi connectivity index (χ4v) is 5.64. The van der Waals surface area contributed by atoms with Crippen LogP contribution in [0.25, 0.3) is 33.4 Å². The van der Waals surface area contributed by atoms with Crippen LogP contribution in [0.1, 0.15) is 48.4 Å². The number of carbonyl (C=O) groups is 4. The molecule has 0 aliphatic heterocycles. The summed E-state index contributed by atoms with van der Waals surface area (Å²) in [4.78, 5) is 51.3. The van der Waals surface area contributed by atoms with E-state index in [0.29, 0.717) is 11.1 Å². The fraction of sp³-hybridized carbons (Fsp3) is 0.176. The SMILES string of the molecule is COC1(OC)C(=O)c2ccc(-c3ccc(-c4ccc(-c5ccc6c(c5)C(=O)[C@](C)(OC)C6=O)cc4)cc3)cc2C1=O. The second kappa shape index (κ2) is 9.52. The molecule has 0 N–H and O–H groups in total. The zero-order chi connectivity index (χ0) is 29.1. The minimum atomic E-state index is -1.92. The first-order chi connectivity index (χ1) is 19.7. The van der Waals surface area contributed by atoms with Crippen LogP contribution >= 0.6 is 0 Å². The largest absolute Gasteiger partial charge is 0.362 e. The minimum absolute atomic E-state index is 0.278. The summed E-state index contributed by atoms with van der Waals surface area (Å²) in [5.41, 5.74) is 5.29. The van der Waals surface area contributed by atoms with Crippen molar-refractivity contribution in [1.82, 2.24) is 0 Å². The molecule has 204 valence electrons. The Bertz CT molecular complexity index is 1760. The average molecular weight is 547 g/mol. The van der Waals surface area contributed by atoms with Crippen LogP contribution in [0.5, 0.6) is 0 Å². The van der Waals surface area contributed by atoms with E-state index in [0.717, 1.165) is 33.4 Å². The predicted molar refractivity (Wildman–Crippen MR) is 152 cm³/mol. The van der Waals surface area contributed by atoms with E-state index in [1.807, 2.05) is 54.6 Å². The molecule has 2 aliphatic carbocycles. The third kappa shape index (κ3) is 3.78. The lowest BCUT2D eigenvalue weighted by molar-refractivity contribution is -0.133. The molecule has 6 rings (SSSR count). The molecule has 7 nitrogen and oxygen atoms in total. The molecule has 41 heavy (non-hydrogen) atoms. The van der Waals surface area contributed by atoms with Gasteiger partial charge in [0.05, 0.1) is 0 Å². The molecule has 2 aliphatic rings. The fourth-order valence-electron chi connectivity index (χ4n) is 5.64. The molecule has 0 radical (unpaired) electrons. The number of rotatable bonds is 6. The van der Waals surface area contributed by atoms with Crippen LogP contribution < -0.4 is 0 Å². The van der Waals surface area contributed by atoms with Crippen molar-refractivity contribution in [3.8, 4) is 33.4 Å². The van der Waals surface area contributed by atoms with Gasteiger partial charge in [0.2, 0.25) is 23.1 Å². The van der Waals surface area contributed by atoms with Crippen LogP contribution in [-0.2, 0) is 14.2 Å². The second-order valence-corrected chi connectivity index (χ2v) is 10.3. The molecule has 4 aromatic carbocycles. The Morgan fingerprint density at radius 1 is 0.415 bits per heavy atom. The number of carbonyl (C=O) groups excluding carboxylic acids is 4. The van der Waals surface area contributed by atoms with Gasteiger partial charge in [0.1, 0.15) is 0 Å². The Morgan fingerprint density at radius 3 is 1.15 bits per heavy atom. The van der Waals surface area contributed by atoms with Gasteiger partial charge in [-0.05, 0) is 64.6 Å². The first kappa shape index (κ1) is 26.7. The number of benzene rings is 4. The van der Waals surface area contributed by atoms with Gasteiger partial charge in [0.15, 0.2) is 5.60 Å². The number of hydrogen-bond donors (Lipinski definition) is 0. The summed E-state index contributed by atoms with van der Waals surface area (Å²) in [7, 11) is 3.93. The van der Waals surface area contributed by atoms with Gasteiger partial charge in [-0.1, -0.05) is 60.7 Å². The van der Waals surface area contributed by atoms with Crippen molar-refractivity contribution in [3.63, 3.8) is 0 Å². The van der Waals surface area contributed by atoms with Crippen molar-refractivity contribution in [2.45, 2.75) is 18.3 Å². The monoisotopic (exact) mass is 546 g/mol. The molecule has 0 amide bonds. The van der Waals surface area contributed by atoms with Crippen molar-refractivity contribution in [2.75, 3.05) is 21.3 Å². The number of ether oxygens (including phenoxy) is 3. The maximum Gasteiger partial charge on any atom is 0.299 e. The quantitative estimate of drug-likeness (QED) is 0.221. The lowest BCUT2D eigenvalue weighted by atomic mass is 9.96. The van der Waals surface area contributed by atoms with Gasteiger partial charge in [-0.2, -0.15) is 0 Å². The number of Topliss-reactive ketones (excluding diaryl/α,β-unsaturated/α-hetero) is 4. The Labute approximate surface area is 236 Å². The highest BCUT2D eigenvalue weighted by Gasteiger charge is 2.55. The first-order valence-electron chi connectivity index (χ1n) is 13.0. The van der Waals surface area contributed by atoms with Crippen LogP contribution in [0.2, 0.25) is 0 Å². The molecule has 0 aromatic heterocycles. The molecule has 4 aromatic rings. The molecule has 0 spiro atoms. The Morgan fingerprint density at radius 2 is 0.732 bits per heavy atom. The van der Waals surface area contributed by atoms with Gasteiger partial charge in [0.25, 0.3) is 5.79 Å². The normalized spacial score (nSPS) is 19.0. The van der Waals surface area contributed by atoms with E-state index in [4.69, 9.17) is 14.2 Å². The van der Waals surface area contributed by atoms with Gasteiger partial charge in [0, 0.05) is 43.6 Å². The molecular weight excluding hydrogens is 520 g/mol. The molecule has 0 bridgehead atoms. The highest BCUT2D eigenvalue weighted by Crippen LogP contribution is 2.37. The van der Waals surface area contributed by atoms with Crippen LogP contribution in [0.15, 0.2) is 84.9 Å². The number of methoxy groups -OCH3 is 3. The van der Waals surface area contributed by atoms with Gasteiger partial charge in [-0.3, -0.25) is 19.2 Å². The highest BCUT2D eigenvalue weighted by atomic mass is 16.7. The maximum absolute atomic E-state index is 13.0. The Kier molecular flexibility index (Phi) is 6.19. The Balaban J connectivity index is 1.24. The molecule has 0 saturated carbocycles. The first-order valence-corrected chi connectivity index (χ1v) is 13.0. The van der Waals surface area contributed by atoms with Crippen LogP contribution in [0.4, 0.5) is 0 Å². The molecule has 0 unspecified atom stereocenters. The molecule has 7 heteroatoms. The second-order valence-electron chi connectivity index (χ2n) is 10.3. The van der Waals surface area contributed by atoms with Crippen LogP contribution in [0.3, 0.4) is 0 Å². The maximum atomic E-state index is 13.0. The zero-order valence-corrected chi connectivity index (χ0v) is 22.9. The zero-order valence-electron chi connectivity index (χ0n) is 22.9. The molecule has 1 atom stereocenters. The van der Waals surface area contributed by atoms with Crippen molar-refractivity contribution < 1.29 is 33.4 Å². The van der Waals surface area contributed by atoms with Gasteiger partial charge in [-0.15, -0.1) is 0 Å². The Hall–Kier alpha value is -4.56. The van der Waals surface area contributed by atoms with Gasteiger partial charge in [-0.25, -0.2) is 0 Å². The van der Waals surface area contributed by atoms with E-state index < -0.39 is 23.0 Å². The third-order valence-corrected chi connectivity index (χ3v) is 8.24. The summed E-state index contributed by atoms with van der Waals surface area (Å²) >= 11 is 0. The van der Waals surface area contributed by atoms with Crippen LogP contribution in [-0.4, -0.2) is 55.9 Å². The molecule has 0 saturated heterocycles. The summed E-state index contributed by atoms with van der Waals surface area (Å²) in [5, 5.41) is 0. The highest BCUT2D eigenvalue weighted by molar-refractivity contribution is 6.32. The molecule has 0 heterocycles. The topological polar surface area (TPSA) is 96.0 Å². The van der Waals surface area contributed by atoms with E-state index in [1.165, 1.54) is 28.3 Å². The number of fused-ring (bicyclic) bond motifs is 2. The standard InChI is InChI=1S/C34H26O7/c1-33(39-2)29(35)25-15-13-23(17-27(25)30(33)36)21-9-5-19(6-10-21)20-7-11-22(12-8-20)24-14-16-26-28(18-24)32(38)34(40-3,41-4)31(26)37/h5-18H,1-4H3/t33-/m1/s1. The summed E-state index contributed by atoms with van der Waals surface area (Å²) < 4.78 is 15.6. The van der Waals surface area contributed by atoms with E-state index in [9.17, 15) is 19.2 Å². The molecule has 0 fully saturated rings. The minimum Gasteiger partial charge on any atom is -0.362 e. The van der Waals surface area contributed by atoms with E-state index in [2.05, 4.69) is 0 Å². The van der Waals surface area contributed by atoms with E-state index in [1.54, 1.807) is 30.3 Å². The smallest absolute Gasteiger partial charge is 0.299 e. The molecular formula is C34H26O7. The van der Waals surface area contributed by atoms with Crippen molar-refractivity contribution in [2.24, 2.45) is 0 Å². The lowest BCUT2D eigenvalue weighted by Gasteiger charge is -2.21. The summed E-state index contributed by atoms with van der Waals surface area (Å²) in [6, 6.07) is 26.3. The van der Waals surface area contributed by atoms with E-state index in [-0.39, 0.29) is 22.7 Å². The summed E-state index contributed by atoms with van der Waals surface area (Å²) in [6.07, 6.45) is 0. The predicted octanol–water partition coefficient (Wildman–Crippen LogP) is 5.84. The van der Waals surface area contributed by atoms with E-state index >= 15 is 0 Å². The van der Waals surface area contributed by atoms with Crippen LogP contribution in [0, 0.1) is 0 Å². The van der Waals surface area contributed by atoms with Gasteiger partial charge < -0.3 is 14.2 Å². The van der Waals surface area contributed by atoms with Crippen molar-refractivity contribution in [3.05, 3.63) is 107 Å².